The van der Waals surface area contributed by atoms with Gasteiger partial charge in [-0.05, 0) is 56.8 Å². The van der Waals surface area contributed by atoms with Crippen LogP contribution in [0.25, 0.3) is 0 Å². The van der Waals surface area contributed by atoms with Crippen molar-refractivity contribution >= 4 is 35.6 Å². The monoisotopic (exact) mass is 555 g/mol. The fraction of sp³-hybridized carbons (Fsp3) is 0.458. The number of guanidine groups is 1. The minimum Gasteiger partial charge on any atom is -0.497 e. The number of nitrogens with one attached hydrogen (secondary N) is 2. The van der Waals surface area contributed by atoms with E-state index in [1.165, 1.54) is 5.69 Å². The van der Waals surface area contributed by atoms with Gasteiger partial charge in [-0.3, -0.25) is 4.99 Å². The number of methoxy groups -OCH3 is 1. The number of hydrogen-bond donors (Lipinski definition) is 2. The maximum Gasteiger partial charge on any atom is 0.191 e. The van der Waals surface area contributed by atoms with E-state index in [4.69, 9.17) is 4.74 Å². The maximum absolute atomic E-state index is 14.0. The van der Waals surface area contributed by atoms with E-state index in [0.29, 0.717) is 24.7 Å². The van der Waals surface area contributed by atoms with Gasteiger partial charge in [-0.25, -0.2) is 4.39 Å². The van der Waals surface area contributed by atoms with Gasteiger partial charge in [0.15, 0.2) is 5.96 Å². The average Bonchev–Trinajstić information content (AvgIpc) is 2.78. The van der Waals surface area contributed by atoms with Gasteiger partial charge in [0.25, 0.3) is 0 Å². The molecule has 0 spiro atoms. The quantitative estimate of drug-likeness (QED) is 0.309. The van der Waals surface area contributed by atoms with Gasteiger partial charge in [-0.1, -0.05) is 12.1 Å². The second-order valence-electron chi connectivity index (χ2n) is 8.22. The molecule has 0 radical (unpaired) electrons. The van der Waals surface area contributed by atoms with Gasteiger partial charge in [0.2, 0.25) is 0 Å². The van der Waals surface area contributed by atoms with Crippen molar-refractivity contribution in [3.63, 3.8) is 0 Å². The molecule has 0 bridgehead atoms. The van der Waals surface area contributed by atoms with Crippen LogP contribution in [0.4, 0.5) is 10.1 Å². The lowest BCUT2D eigenvalue weighted by molar-refractivity contribution is 0.392. The molecule has 32 heavy (non-hydrogen) atoms. The number of rotatable bonds is 7. The second-order valence-corrected chi connectivity index (χ2v) is 8.22. The molecule has 2 aromatic rings. The van der Waals surface area contributed by atoms with E-state index in [2.05, 4.69) is 32.7 Å². The van der Waals surface area contributed by atoms with Gasteiger partial charge >= 0.3 is 0 Å². The molecule has 1 saturated heterocycles. The van der Waals surface area contributed by atoms with Gasteiger partial charge in [-0.15, -0.1) is 24.0 Å². The van der Waals surface area contributed by atoms with Crippen LogP contribution in [0.1, 0.15) is 24.0 Å². The molecule has 8 heteroatoms. The molecule has 6 nitrogen and oxygen atoms in total. The number of aliphatic imine (C=N–C) groups is 1. The summed E-state index contributed by atoms with van der Waals surface area (Å²) >= 11 is 0. The SMILES string of the molecule is CN=C(NCc1ccc(F)c(CN(C)C)c1)NC1CCCN(c2cccc(OC)c2)C1.I. The van der Waals surface area contributed by atoms with Crippen molar-refractivity contribution in [2.24, 2.45) is 4.99 Å². The first-order valence-corrected chi connectivity index (χ1v) is 10.8. The Morgan fingerprint density at radius 1 is 1.25 bits per heavy atom. The summed E-state index contributed by atoms with van der Waals surface area (Å²) in [6, 6.07) is 13.8. The summed E-state index contributed by atoms with van der Waals surface area (Å²) in [7, 11) is 7.35. The Kier molecular flexibility index (Phi) is 10.5. The molecule has 1 heterocycles. The van der Waals surface area contributed by atoms with Gasteiger partial charge in [0.05, 0.1) is 7.11 Å². The lowest BCUT2D eigenvalue weighted by atomic mass is 10.0. The maximum atomic E-state index is 14.0. The summed E-state index contributed by atoms with van der Waals surface area (Å²) in [5.74, 6) is 1.47. The van der Waals surface area contributed by atoms with E-state index in [-0.39, 0.29) is 29.8 Å². The van der Waals surface area contributed by atoms with Gasteiger partial charge in [-0.2, -0.15) is 0 Å². The number of nitrogens with zero attached hydrogens (tertiary/aromatic N) is 3. The predicted molar refractivity (Wildman–Crippen MR) is 141 cm³/mol. The van der Waals surface area contributed by atoms with E-state index in [0.717, 1.165) is 43.2 Å². The minimum absolute atomic E-state index is 0. The normalized spacial score (nSPS) is 16.5. The molecule has 176 valence electrons. The Balaban J connectivity index is 0.00000363. The Morgan fingerprint density at radius 2 is 2.06 bits per heavy atom. The molecule has 0 aliphatic carbocycles. The second kappa shape index (κ2) is 12.8. The predicted octanol–water partition coefficient (Wildman–Crippen LogP) is 3.85. The van der Waals surface area contributed by atoms with Crippen molar-refractivity contribution in [3.8, 4) is 5.75 Å². The zero-order valence-electron chi connectivity index (χ0n) is 19.4. The first-order chi connectivity index (χ1) is 15.0. The Morgan fingerprint density at radius 3 is 2.78 bits per heavy atom. The molecule has 3 rings (SSSR count). The highest BCUT2D eigenvalue weighted by Gasteiger charge is 2.21. The minimum atomic E-state index is -0.167. The molecule has 1 aliphatic heterocycles. The molecule has 1 aliphatic rings. The third-order valence-electron chi connectivity index (χ3n) is 5.46. The molecule has 0 saturated carbocycles. The number of piperidine rings is 1. The molecule has 1 unspecified atom stereocenters. The van der Waals surface area contributed by atoms with Crippen molar-refractivity contribution < 1.29 is 9.13 Å². The standard InChI is InChI=1S/C24H34FN5O.HI/c1-26-24(27-15-18-10-11-23(25)19(13-18)16-29(2)3)28-20-7-6-12-30(17-20)21-8-5-9-22(14-21)31-4;/h5,8-11,13-14,20H,6-7,12,15-17H2,1-4H3,(H2,26,27,28);1H. The third kappa shape index (κ3) is 7.51. The molecule has 2 N–H and O–H groups in total. The molecule has 0 amide bonds. The highest BCUT2D eigenvalue weighted by atomic mass is 127. The van der Waals surface area contributed by atoms with Crippen LogP contribution in [0, 0.1) is 5.82 Å². The van der Waals surface area contributed by atoms with Gasteiger partial charge in [0.1, 0.15) is 11.6 Å². The Labute approximate surface area is 208 Å². The van der Waals surface area contributed by atoms with Crippen LogP contribution in [-0.2, 0) is 13.1 Å². The number of benzene rings is 2. The highest BCUT2D eigenvalue weighted by Crippen LogP contribution is 2.24. The van der Waals surface area contributed by atoms with Crippen molar-refractivity contribution in [1.29, 1.82) is 0 Å². The lowest BCUT2D eigenvalue weighted by Crippen LogP contribution is -2.51. The zero-order valence-corrected chi connectivity index (χ0v) is 21.7. The Bertz CT molecular complexity index is 892. The van der Waals surface area contributed by atoms with Crippen LogP contribution >= 0.6 is 24.0 Å². The molecular formula is C24H35FIN5O. The zero-order chi connectivity index (χ0) is 22.2. The lowest BCUT2D eigenvalue weighted by Gasteiger charge is -2.35. The first-order valence-electron chi connectivity index (χ1n) is 10.8. The van der Waals surface area contributed by atoms with Crippen molar-refractivity contribution in [3.05, 3.63) is 59.4 Å². The molecular weight excluding hydrogens is 520 g/mol. The summed E-state index contributed by atoms with van der Waals surface area (Å²) in [4.78, 5) is 8.73. The van der Waals surface area contributed by atoms with Gasteiger partial charge in [0, 0.05) is 56.6 Å². The number of anilines is 1. The first kappa shape index (κ1) is 26.2. The summed E-state index contributed by atoms with van der Waals surface area (Å²) in [5, 5.41) is 6.92. The summed E-state index contributed by atoms with van der Waals surface area (Å²) < 4.78 is 19.4. The van der Waals surface area contributed by atoms with E-state index < -0.39 is 0 Å². The molecule has 0 aromatic heterocycles. The number of halogens is 2. The summed E-state index contributed by atoms with van der Waals surface area (Å²) in [5.41, 5.74) is 2.91. The van der Waals surface area contributed by atoms with Crippen LogP contribution in [0.5, 0.6) is 5.75 Å². The van der Waals surface area contributed by atoms with Crippen LogP contribution in [0.2, 0.25) is 0 Å². The van der Waals surface area contributed by atoms with Crippen LogP contribution in [0.3, 0.4) is 0 Å². The van der Waals surface area contributed by atoms with Crippen molar-refractivity contribution in [1.82, 2.24) is 15.5 Å². The third-order valence-corrected chi connectivity index (χ3v) is 5.46. The largest absolute Gasteiger partial charge is 0.497 e. The van der Waals surface area contributed by atoms with Crippen molar-refractivity contribution in [2.75, 3.05) is 46.2 Å². The van der Waals surface area contributed by atoms with E-state index in [1.807, 2.05) is 43.3 Å². The van der Waals surface area contributed by atoms with Crippen LogP contribution in [-0.4, -0.2) is 58.2 Å². The molecule has 2 aromatic carbocycles. The topological polar surface area (TPSA) is 52.1 Å². The number of hydrogen-bond acceptors (Lipinski definition) is 4. The fourth-order valence-corrected chi connectivity index (χ4v) is 3.91. The van der Waals surface area contributed by atoms with E-state index in [9.17, 15) is 4.39 Å². The smallest absolute Gasteiger partial charge is 0.191 e. The van der Waals surface area contributed by atoms with E-state index >= 15 is 0 Å². The number of ether oxygens (including phenoxy) is 1. The van der Waals surface area contributed by atoms with Crippen LogP contribution in [0.15, 0.2) is 47.5 Å². The van der Waals surface area contributed by atoms with Crippen molar-refractivity contribution in [2.45, 2.75) is 32.0 Å². The fourth-order valence-electron chi connectivity index (χ4n) is 3.91. The van der Waals surface area contributed by atoms with E-state index in [1.54, 1.807) is 20.2 Å². The summed E-state index contributed by atoms with van der Waals surface area (Å²) in [6.45, 7) is 3.10. The average molecular weight is 555 g/mol. The van der Waals surface area contributed by atoms with Crippen LogP contribution < -0.4 is 20.3 Å². The van der Waals surface area contributed by atoms with Gasteiger partial charge < -0.3 is 25.2 Å². The molecule has 1 atom stereocenters. The molecule has 1 fully saturated rings. The highest BCUT2D eigenvalue weighted by molar-refractivity contribution is 14.0. The Hall–Kier alpha value is -2.07. The summed E-state index contributed by atoms with van der Waals surface area (Å²) in [6.07, 6.45) is 2.20.